The molecule has 9 nitrogen and oxygen atoms in total. The maximum absolute atomic E-state index is 12.3. The lowest BCUT2D eigenvalue weighted by Crippen LogP contribution is -2.55. The van der Waals surface area contributed by atoms with Crippen molar-refractivity contribution in [2.24, 2.45) is 10.7 Å². The van der Waals surface area contributed by atoms with Crippen molar-refractivity contribution < 1.29 is 14.4 Å². The highest BCUT2D eigenvalue weighted by molar-refractivity contribution is 6.04. The molecule has 1 rings (SSSR count). The number of nitrogens with two attached hydrogens (primary N) is 1. The van der Waals surface area contributed by atoms with Crippen LogP contribution in [0.4, 0.5) is 0 Å². The predicted octanol–water partition coefficient (Wildman–Crippen LogP) is 0.148. The standard InChI is InChI=1S/C17H28N6O3/c1-12(2)26-23(13(3)24)15-6-5-14(9-19)22(10-15)11-17(25)21-16(20-4)7-8-18/h7-8,12,14-15H,5-6,10-11,18H2,1-4H3,(H,20,21,25)/b8-7-/t14-,15+/m0/s1. The van der Waals surface area contributed by atoms with Crippen molar-refractivity contribution >= 4 is 17.6 Å². The number of hydrogen-bond donors (Lipinski definition) is 2. The predicted molar refractivity (Wildman–Crippen MR) is 97.6 cm³/mol. The number of amides is 2. The van der Waals surface area contributed by atoms with Crippen LogP contribution in [0.1, 0.15) is 33.6 Å². The van der Waals surface area contributed by atoms with E-state index >= 15 is 0 Å². The van der Waals surface area contributed by atoms with Crippen LogP contribution in [0.15, 0.2) is 17.3 Å². The van der Waals surface area contributed by atoms with Crippen molar-refractivity contribution in [2.75, 3.05) is 20.1 Å². The number of carbonyl (C=O) groups excluding carboxylic acids is 2. The highest BCUT2D eigenvalue weighted by Crippen LogP contribution is 2.22. The molecule has 2 amide bonds. The number of piperidine rings is 1. The molecular weight excluding hydrogens is 336 g/mol. The lowest BCUT2D eigenvalue weighted by molar-refractivity contribution is -0.219. The van der Waals surface area contributed by atoms with Crippen LogP contribution in [0, 0.1) is 11.3 Å². The van der Waals surface area contributed by atoms with Crippen molar-refractivity contribution in [1.82, 2.24) is 15.3 Å². The van der Waals surface area contributed by atoms with Crippen LogP contribution in [0.3, 0.4) is 0 Å². The third-order valence-electron chi connectivity index (χ3n) is 3.88. The molecule has 144 valence electrons. The first-order chi connectivity index (χ1) is 12.3. The zero-order chi connectivity index (χ0) is 19.7. The second-order valence-electron chi connectivity index (χ2n) is 6.32. The van der Waals surface area contributed by atoms with Crippen molar-refractivity contribution in [1.29, 1.82) is 5.26 Å². The van der Waals surface area contributed by atoms with Gasteiger partial charge in [0.15, 0.2) is 0 Å². The minimum Gasteiger partial charge on any atom is -0.404 e. The van der Waals surface area contributed by atoms with Crippen LogP contribution in [0.25, 0.3) is 0 Å². The number of rotatable bonds is 6. The molecule has 0 radical (unpaired) electrons. The Morgan fingerprint density at radius 3 is 2.69 bits per heavy atom. The van der Waals surface area contributed by atoms with Crippen LogP contribution in [0.5, 0.6) is 0 Å². The van der Waals surface area contributed by atoms with Gasteiger partial charge >= 0.3 is 0 Å². The Bertz CT molecular complexity index is 596. The maximum Gasteiger partial charge on any atom is 0.243 e. The molecule has 1 saturated heterocycles. The van der Waals surface area contributed by atoms with Crippen LogP contribution >= 0.6 is 0 Å². The molecule has 1 aliphatic rings. The normalized spacial score (nSPS) is 21.6. The van der Waals surface area contributed by atoms with Crippen molar-refractivity contribution in [3.8, 4) is 6.07 Å². The van der Waals surface area contributed by atoms with Gasteiger partial charge in [-0.05, 0) is 39.0 Å². The number of carbonyl (C=O) groups is 2. The molecule has 0 aromatic heterocycles. The zero-order valence-corrected chi connectivity index (χ0v) is 15.8. The lowest BCUT2D eigenvalue weighted by Gasteiger charge is -2.40. The van der Waals surface area contributed by atoms with E-state index in [1.165, 1.54) is 24.3 Å². The monoisotopic (exact) mass is 364 g/mol. The molecule has 9 heteroatoms. The van der Waals surface area contributed by atoms with Gasteiger partial charge in [-0.1, -0.05) is 0 Å². The number of aliphatic imine (C=N–C) groups is 1. The average Bonchev–Trinajstić information content (AvgIpc) is 2.58. The number of nitrogens with one attached hydrogen (secondary N) is 1. The molecule has 1 aliphatic heterocycles. The third kappa shape index (κ3) is 6.46. The molecule has 1 heterocycles. The summed E-state index contributed by atoms with van der Waals surface area (Å²) in [6.45, 7) is 5.53. The quantitative estimate of drug-likeness (QED) is 0.393. The summed E-state index contributed by atoms with van der Waals surface area (Å²) in [7, 11) is 1.54. The molecule has 0 aliphatic carbocycles. The van der Waals surface area contributed by atoms with E-state index < -0.39 is 6.04 Å². The number of amidine groups is 1. The second kappa shape index (κ2) is 10.5. The van der Waals surface area contributed by atoms with Crippen LogP contribution < -0.4 is 11.1 Å². The fourth-order valence-corrected chi connectivity index (χ4v) is 2.81. The molecule has 1 fully saturated rings. The van der Waals surface area contributed by atoms with Gasteiger partial charge in [-0.15, -0.1) is 0 Å². The molecule has 2 atom stereocenters. The van der Waals surface area contributed by atoms with Gasteiger partial charge in [0.1, 0.15) is 5.84 Å². The molecule has 0 spiro atoms. The zero-order valence-electron chi connectivity index (χ0n) is 15.8. The molecule has 0 aromatic rings. The van der Waals surface area contributed by atoms with Crippen molar-refractivity contribution in [3.63, 3.8) is 0 Å². The highest BCUT2D eigenvalue weighted by Gasteiger charge is 2.34. The molecule has 0 saturated carbocycles. The van der Waals surface area contributed by atoms with Gasteiger partial charge in [0.2, 0.25) is 11.8 Å². The molecule has 3 N–H and O–H groups in total. The summed E-state index contributed by atoms with van der Waals surface area (Å²) in [5.74, 6) is -0.159. The van der Waals surface area contributed by atoms with E-state index in [1.807, 2.05) is 13.8 Å². The number of nitriles is 1. The Kier molecular flexibility index (Phi) is 8.75. The SMILES string of the molecule is CN=C(/C=C\N)NC(=O)CN1C[C@H](N(OC(C)C)C(C)=O)CC[C@H]1C#N. The van der Waals surface area contributed by atoms with Crippen molar-refractivity contribution in [3.05, 3.63) is 12.3 Å². The summed E-state index contributed by atoms with van der Waals surface area (Å²) in [6.07, 6.45) is 3.81. The van der Waals surface area contributed by atoms with E-state index in [0.717, 1.165) is 0 Å². The largest absolute Gasteiger partial charge is 0.404 e. The Morgan fingerprint density at radius 2 is 2.19 bits per heavy atom. The van der Waals surface area contributed by atoms with E-state index in [0.29, 0.717) is 25.2 Å². The summed E-state index contributed by atoms with van der Waals surface area (Å²) >= 11 is 0. The average molecular weight is 364 g/mol. The van der Waals surface area contributed by atoms with Gasteiger partial charge in [-0.25, -0.2) is 5.06 Å². The van der Waals surface area contributed by atoms with Gasteiger partial charge < -0.3 is 11.1 Å². The fourth-order valence-electron chi connectivity index (χ4n) is 2.81. The van der Waals surface area contributed by atoms with Crippen LogP contribution in [-0.4, -0.2) is 65.9 Å². The minimum absolute atomic E-state index is 0.0135. The molecule has 0 aromatic carbocycles. The third-order valence-corrected chi connectivity index (χ3v) is 3.88. The topological polar surface area (TPSA) is 124 Å². The van der Waals surface area contributed by atoms with Crippen LogP contribution in [-0.2, 0) is 14.4 Å². The first-order valence-corrected chi connectivity index (χ1v) is 8.57. The van der Waals surface area contributed by atoms with Gasteiger partial charge in [0, 0.05) is 20.5 Å². The van der Waals surface area contributed by atoms with E-state index in [2.05, 4.69) is 16.4 Å². The number of hydroxylamine groups is 2. The van der Waals surface area contributed by atoms with Gasteiger partial charge in [-0.2, -0.15) is 5.26 Å². The second-order valence-corrected chi connectivity index (χ2v) is 6.32. The first-order valence-electron chi connectivity index (χ1n) is 8.57. The lowest BCUT2D eigenvalue weighted by atomic mass is 9.98. The van der Waals surface area contributed by atoms with Gasteiger partial charge in [0.05, 0.1) is 30.8 Å². The van der Waals surface area contributed by atoms with E-state index in [1.54, 1.807) is 11.9 Å². The summed E-state index contributed by atoms with van der Waals surface area (Å²) in [6, 6.07) is 1.61. The molecule has 0 bridgehead atoms. The van der Waals surface area contributed by atoms with Crippen molar-refractivity contribution in [2.45, 2.75) is 51.8 Å². The smallest absolute Gasteiger partial charge is 0.243 e. The molecular formula is C17H28N6O3. The minimum atomic E-state index is -0.392. The Balaban J connectivity index is 2.82. The maximum atomic E-state index is 12.3. The summed E-state index contributed by atoms with van der Waals surface area (Å²) in [4.78, 5) is 35.5. The summed E-state index contributed by atoms with van der Waals surface area (Å²) in [5, 5.41) is 13.4. The Hall–Kier alpha value is -2.44. The van der Waals surface area contributed by atoms with Crippen LogP contribution in [0.2, 0.25) is 0 Å². The van der Waals surface area contributed by atoms with E-state index in [4.69, 9.17) is 10.6 Å². The van der Waals surface area contributed by atoms with E-state index in [9.17, 15) is 14.9 Å². The highest BCUT2D eigenvalue weighted by atomic mass is 16.7. The van der Waals surface area contributed by atoms with E-state index in [-0.39, 0.29) is 30.5 Å². The molecule has 26 heavy (non-hydrogen) atoms. The fraction of sp³-hybridized carbons (Fsp3) is 0.647. The summed E-state index contributed by atoms with van der Waals surface area (Å²) in [5.41, 5.74) is 5.31. The summed E-state index contributed by atoms with van der Waals surface area (Å²) < 4.78 is 0. The number of hydrogen-bond acceptors (Lipinski definition) is 7. The number of likely N-dealkylation sites (tertiary alicyclic amines) is 1. The van der Waals surface area contributed by atoms with Gasteiger partial charge in [0.25, 0.3) is 0 Å². The Morgan fingerprint density at radius 1 is 1.50 bits per heavy atom. The first kappa shape index (κ1) is 21.6. The van der Waals surface area contributed by atoms with Gasteiger partial charge in [-0.3, -0.25) is 24.3 Å². The Labute approximate surface area is 154 Å². The molecule has 0 unspecified atom stereocenters. The number of nitrogens with zero attached hydrogens (tertiary/aromatic N) is 4.